The summed E-state index contributed by atoms with van der Waals surface area (Å²) < 4.78 is 20.0. The number of carbonyl (C=O) groups excluding carboxylic acids is 4. The predicted molar refractivity (Wildman–Crippen MR) is 150 cm³/mol. The molecule has 1 unspecified atom stereocenters. The Kier molecular flexibility index (Phi) is 8.07. The third kappa shape index (κ3) is 5.80. The van der Waals surface area contributed by atoms with E-state index >= 15 is 0 Å². The fourth-order valence-corrected chi connectivity index (χ4v) is 5.30. The maximum absolute atomic E-state index is 13.2. The lowest BCUT2D eigenvalue weighted by atomic mass is 9.82. The molecule has 41 heavy (non-hydrogen) atoms. The summed E-state index contributed by atoms with van der Waals surface area (Å²) in [6, 6.07) is 3.90. The van der Waals surface area contributed by atoms with Crippen LogP contribution in [-0.2, 0) is 25.4 Å². The average molecular weight is 564 g/mol. The summed E-state index contributed by atoms with van der Waals surface area (Å²) in [7, 11) is -0.409. The van der Waals surface area contributed by atoms with Crippen molar-refractivity contribution in [1.82, 2.24) is 20.0 Å². The first kappa shape index (κ1) is 29.0. The van der Waals surface area contributed by atoms with Crippen LogP contribution in [0.1, 0.15) is 93.4 Å². The maximum atomic E-state index is 13.2. The van der Waals surface area contributed by atoms with Crippen LogP contribution in [-0.4, -0.2) is 69.3 Å². The van der Waals surface area contributed by atoms with E-state index in [1.165, 1.54) is 0 Å². The minimum atomic E-state index is -0.995. The minimum absolute atomic E-state index is 0.0809. The molecule has 3 aliphatic heterocycles. The molecule has 0 radical (unpaired) electrons. The number of carbonyl (C=O) groups is 4. The molecule has 2 fully saturated rings. The first-order valence-corrected chi connectivity index (χ1v) is 14.3. The molecular weight excluding hydrogens is 527 g/mol. The summed E-state index contributed by atoms with van der Waals surface area (Å²) in [6.07, 6.45) is 8.82. The summed E-state index contributed by atoms with van der Waals surface area (Å²) in [4.78, 5) is 50.8. The smallest absolute Gasteiger partial charge is 0.493 e. The van der Waals surface area contributed by atoms with E-state index in [0.717, 1.165) is 49.0 Å². The Bertz CT molecular complexity index is 1340. The summed E-state index contributed by atoms with van der Waals surface area (Å²) in [5.41, 5.74) is 0.563. The van der Waals surface area contributed by atoms with Crippen molar-refractivity contribution in [2.24, 2.45) is 0 Å². The second-order valence-corrected chi connectivity index (χ2v) is 11.9. The zero-order valence-corrected chi connectivity index (χ0v) is 24.1. The standard InChI is InChI=1S/C29H37BN4O7/c1-28(2)29(3,4)41-30(40-28)19-17-31-33(18-19)15-8-6-5-7-9-16-39-22-12-10-11-20-24(22)27(38)34(26(20)37)21-13-14-23(35)32-25(21)36/h10-12,17-18,21H,5-9,13-16H2,1-4H3,(H,32,35,36). The molecule has 4 heterocycles. The molecule has 2 aromatic rings. The van der Waals surface area contributed by atoms with E-state index in [1.54, 1.807) is 18.2 Å². The number of rotatable bonds is 11. The molecular formula is C29H37BN4O7. The number of piperidine rings is 1. The molecule has 3 aliphatic rings. The quantitative estimate of drug-likeness (QED) is 0.251. The molecule has 0 saturated carbocycles. The van der Waals surface area contributed by atoms with E-state index in [2.05, 4.69) is 10.4 Å². The zero-order valence-electron chi connectivity index (χ0n) is 24.1. The number of unbranched alkanes of at least 4 members (excludes halogenated alkanes) is 4. The van der Waals surface area contributed by atoms with Crippen molar-refractivity contribution < 1.29 is 33.2 Å². The van der Waals surface area contributed by atoms with E-state index in [0.29, 0.717) is 12.4 Å². The molecule has 5 rings (SSSR count). The van der Waals surface area contributed by atoms with Crippen LogP contribution in [0, 0.1) is 0 Å². The van der Waals surface area contributed by atoms with Crippen LogP contribution in [0.2, 0.25) is 0 Å². The summed E-state index contributed by atoms with van der Waals surface area (Å²) in [5.74, 6) is -1.79. The highest BCUT2D eigenvalue weighted by Crippen LogP contribution is 2.36. The lowest BCUT2D eigenvalue weighted by Crippen LogP contribution is -2.54. The number of ether oxygens (including phenoxy) is 1. The minimum Gasteiger partial charge on any atom is -0.493 e. The zero-order chi connectivity index (χ0) is 29.4. The van der Waals surface area contributed by atoms with Gasteiger partial charge in [-0.05, 0) is 59.1 Å². The largest absolute Gasteiger partial charge is 0.498 e. The molecule has 1 aromatic heterocycles. The van der Waals surface area contributed by atoms with Crippen LogP contribution < -0.4 is 15.5 Å². The first-order valence-electron chi connectivity index (χ1n) is 14.3. The fraction of sp³-hybridized carbons (Fsp3) is 0.552. The summed E-state index contributed by atoms with van der Waals surface area (Å²) in [6.45, 7) is 9.36. The van der Waals surface area contributed by atoms with Crippen LogP contribution in [0.15, 0.2) is 30.6 Å². The predicted octanol–water partition coefficient (Wildman–Crippen LogP) is 2.61. The van der Waals surface area contributed by atoms with Gasteiger partial charge in [-0.25, -0.2) is 0 Å². The van der Waals surface area contributed by atoms with Gasteiger partial charge in [0.2, 0.25) is 11.8 Å². The van der Waals surface area contributed by atoms with Gasteiger partial charge in [-0.2, -0.15) is 5.10 Å². The Morgan fingerprint density at radius 2 is 1.71 bits per heavy atom. The third-order valence-corrected chi connectivity index (χ3v) is 8.40. The van der Waals surface area contributed by atoms with Crippen molar-refractivity contribution >= 4 is 36.2 Å². The SMILES string of the molecule is CC1(C)OB(c2cnn(CCCCCCCOc3cccc4c3C(=O)N(C3CCC(=O)NC3=O)C4=O)c2)OC1(C)C. The van der Waals surface area contributed by atoms with Crippen LogP contribution in [0.4, 0.5) is 0 Å². The second kappa shape index (κ2) is 11.4. The molecule has 12 heteroatoms. The van der Waals surface area contributed by atoms with Gasteiger partial charge in [0.25, 0.3) is 11.8 Å². The van der Waals surface area contributed by atoms with Gasteiger partial charge >= 0.3 is 7.12 Å². The molecule has 1 N–H and O–H groups in total. The number of fused-ring (bicyclic) bond motifs is 1. The van der Waals surface area contributed by atoms with Gasteiger partial charge in [-0.15, -0.1) is 0 Å². The van der Waals surface area contributed by atoms with E-state index in [1.807, 2.05) is 44.8 Å². The van der Waals surface area contributed by atoms with Crippen LogP contribution in [0.25, 0.3) is 0 Å². The van der Waals surface area contributed by atoms with Gasteiger partial charge in [-0.1, -0.05) is 25.3 Å². The van der Waals surface area contributed by atoms with Crippen molar-refractivity contribution in [2.45, 2.75) is 96.4 Å². The van der Waals surface area contributed by atoms with Crippen molar-refractivity contribution in [3.05, 3.63) is 41.7 Å². The van der Waals surface area contributed by atoms with Gasteiger partial charge < -0.3 is 14.0 Å². The highest BCUT2D eigenvalue weighted by molar-refractivity contribution is 6.62. The van der Waals surface area contributed by atoms with Crippen molar-refractivity contribution in [3.63, 3.8) is 0 Å². The highest BCUT2D eigenvalue weighted by atomic mass is 16.7. The molecule has 4 amide bonds. The van der Waals surface area contributed by atoms with Crippen LogP contribution in [0.3, 0.4) is 0 Å². The molecule has 0 bridgehead atoms. The Hall–Kier alpha value is -3.51. The van der Waals surface area contributed by atoms with E-state index < -0.39 is 36.8 Å². The van der Waals surface area contributed by atoms with Crippen molar-refractivity contribution in [1.29, 1.82) is 0 Å². The van der Waals surface area contributed by atoms with Crippen LogP contribution in [0.5, 0.6) is 5.75 Å². The summed E-state index contributed by atoms with van der Waals surface area (Å²) >= 11 is 0. The maximum Gasteiger partial charge on any atom is 0.498 e. The van der Waals surface area contributed by atoms with Gasteiger partial charge in [0.15, 0.2) is 0 Å². The van der Waals surface area contributed by atoms with Gasteiger partial charge in [0.1, 0.15) is 11.8 Å². The molecule has 11 nitrogen and oxygen atoms in total. The fourth-order valence-electron chi connectivity index (χ4n) is 5.30. The van der Waals surface area contributed by atoms with Crippen LogP contribution >= 0.6 is 0 Å². The number of hydrogen-bond acceptors (Lipinski definition) is 8. The number of hydrogen-bond donors (Lipinski definition) is 1. The van der Waals surface area contributed by atoms with E-state index in [-0.39, 0.29) is 35.2 Å². The Balaban J connectivity index is 1.03. The Labute approximate surface area is 240 Å². The number of imide groups is 2. The molecule has 0 spiro atoms. The van der Waals surface area contributed by atoms with Crippen molar-refractivity contribution in [3.8, 4) is 5.75 Å². The Morgan fingerprint density at radius 1 is 1.00 bits per heavy atom. The number of aromatic nitrogens is 2. The Morgan fingerprint density at radius 3 is 2.44 bits per heavy atom. The van der Waals surface area contributed by atoms with E-state index in [9.17, 15) is 19.2 Å². The molecule has 1 atom stereocenters. The lowest BCUT2D eigenvalue weighted by molar-refractivity contribution is -0.136. The second-order valence-electron chi connectivity index (χ2n) is 11.9. The third-order valence-electron chi connectivity index (χ3n) is 8.40. The monoisotopic (exact) mass is 564 g/mol. The van der Waals surface area contributed by atoms with Gasteiger partial charge in [0, 0.05) is 30.8 Å². The average Bonchev–Trinajstić information content (AvgIpc) is 3.54. The number of aryl methyl sites for hydroxylation is 1. The lowest BCUT2D eigenvalue weighted by Gasteiger charge is -2.32. The number of benzene rings is 1. The number of amides is 4. The highest BCUT2D eigenvalue weighted by Gasteiger charge is 2.52. The van der Waals surface area contributed by atoms with Crippen molar-refractivity contribution in [2.75, 3.05) is 6.61 Å². The molecule has 2 saturated heterocycles. The normalized spacial score (nSPS) is 21.4. The van der Waals surface area contributed by atoms with E-state index in [4.69, 9.17) is 14.0 Å². The number of nitrogens with zero attached hydrogens (tertiary/aromatic N) is 3. The molecule has 0 aliphatic carbocycles. The topological polar surface area (TPSA) is 129 Å². The van der Waals surface area contributed by atoms with Gasteiger partial charge in [-0.3, -0.25) is 34.1 Å². The molecule has 1 aromatic carbocycles. The summed E-state index contributed by atoms with van der Waals surface area (Å²) in [5, 5.41) is 6.67. The van der Waals surface area contributed by atoms with Gasteiger partial charge in [0.05, 0.1) is 28.9 Å². The first-order chi connectivity index (χ1) is 19.5. The number of nitrogens with one attached hydrogen (secondary N) is 1. The molecule has 218 valence electrons.